The molecule has 0 aromatic carbocycles. The predicted octanol–water partition coefficient (Wildman–Crippen LogP) is 1.65. The molecule has 0 radical (unpaired) electrons. The van der Waals surface area contributed by atoms with Crippen molar-refractivity contribution in [3.05, 3.63) is 0 Å². The van der Waals surface area contributed by atoms with Crippen molar-refractivity contribution in [1.82, 2.24) is 10.2 Å². The topological polar surface area (TPSA) is 41.6 Å². The van der Waals surface area contributed by atoms with Gasteiger partial charge in [-0.05, 0) is 51.1 Å². The van der Waals surface area contributed by atoms with Gasteiger partial charge in [-0.25, -0.2) is 0 Å². The number of amides is 1. The van der Waals surface area contributed by atoms with Crippen molar-refractivity contribution in [2.24, 2.45) is 11.3 Å². The third-order valence-corrected chi connectivity index (χ3v) is 4.39. The van der Waals surface area contributed by atoms with Gasteiger partial charge in [-0.3, -0.25) is 4.79 Å². The van der Waals surface area contributed by atoms with E-state index in [4.69, 9.17) is 4.74 Å². The molecule has 1 aliphatic heterocycles. The smallest absolute Gasteiger partial charge is 0.231 e. The van der Waals surface area contributed by atoms with Crippen LogP contribution in [0.1, 0.15) is 39.0 Å². The molecule has 4 heteroatoms. The van der Waals surface area contributed by atoms with Crippen molar-refractivity contribution >= 4 is 5.91 Å². The summed E-state index contributed by atoms with van der Waals surface area (Å²) in [5.41, 5.74) is -0.274. The van der Waals surface area contributed by atoms with Gasteiger partial charge in [0, 0.05) is 20.2 Å². The maximum atomic E-state index is 13.0. The van der Waals surface area contributed by atoms with E-state index < -0.39 is 0 Å². The third kappa shape index (κ3) is 3.69. The van der Waals surface area contributed by atoms with E-state index in [0.29, 0.717) is 12.5 Å². The lowest BCUT2D eigenvalue weighted by Gasteiger charge is -2.39. The van der Waals surface area contributed by atoms with Gasteiger partial charge in [0.15, 0.2) is 0 Å². The van der Waals surface area contributed by atoms with E-state index in [1.165, 1.54) is 12.8 Å². The second-order valence-corrected chi connectivity index (χ2v) is 6.16. The Bertz CT molecular complexity index is 291. The Morgan fingerprint density at radius 1 is 1.37 bits per heavy atom. The molecule has 110 valence electrons. The minimum atomic E-state index is -0.274. The Morgan fingerprint density at radius 2 is 2.05 bits per heavy atom. The molecule has 19 heavy (non-hydrogen) atoms. The molecule has 2 rings (SSSR count). The Morgan fingerprint density at radius 3 is 2.58 bits per heavy atom. The zero-order valence-electron chi connectivity index (χ0n) is 12.4. The molecule has 1 aliphatic carbocycles. The summed E-state index contributed by atoms with van der Waals surface area (Å²) in [7, 11) is 1.71. The average Bonchev–Trinajstić information content (AvgIpc) is 3.23. The SMILES string of the molecule is CCCN(CC1CC1)C(=O)C1(COC)CCNCC1. The number of hydrogen-bond donors (Lipinski definition) is 1. The number of nitrogens with zero attached hydrogens (tertiary/aromatic N) is 1. The molecule has 4 nitrogen and oxygen atoms in total. The maximum absolute atomic E-state index is 13.0. The van der Waals surface area contributed by atoms with Crippen molar-refractivity contribution in [3.8, 4) is 0 Å². The van der Waals surface area contributed by atoms with Crippen LogP contribution in [-0.2, 0) is 9.53 Å². The maximum Gasteiger partial charge on any atom is 0.231 e. The van der Waals surface area contributed by atoms with Gasteiger partial charge in [-0.15, -0.1) is 0 Å². The molecule has 0 aromatic heterocycles. The van der Waals surface area contributed by atoms with Crippen LogP contribution in [0, 0.1) is 11.3 Å². The van der Waals surface area contributed by atoms with Crippen LogP contribution in [0.4, 0.5) is 0 Å². The first kappa shape index (κ1) is 14.8. The van der Waals surface area contributed by atoms with Crippen molar-refractivity contribution in [3.63, 3.8) is 0 Å². The van der Waals surface area contributed by atoms with E-state index in [1.807, 2.05) is 0 Å². The van der Waals surface area contributed by atoms with Gasteiger partial charge in [-0.2, -0.15) is 0 Å². The summed E-state index contributed by atoms with van der Waals surface area (Å²) >= 11 is 0. The second kappa shape index (κ2) is 6.71. The largest absolute Gasteiger partial charge is 0.384 e. The van der Waals surface area contributed by atoms with Gasteiger partial charge < -0.3 is 15.0 Å². The van der Waals surface area contributed by atoms with Crippen molar-refractivity contribution in [2.45, 2.75) is 39.0 Å². The van der Waals surface area contributed by atoms with Crippen LogP contribution in [0.25, 0.3) is 0 Å². The molecular formula is C15H28N2O2. The van der Waals surface area contributed by atoms with Crippen molar-refractivity contribution < 1.29 is 9.53 Å². The first-order chi connectivity index (χ1) is 9.22. The molecule has 2 fully saturated rings. The van der Waals surface area contributed by atoms with Crippen LogP contribution in [0.2, 0.25) is 0 Å². The van der Waals surface area contributed by atoms with Crippen LogP contribution < -0.4 is 5.32 Å². The molecule has 0 atom stereocenters. The van der Waals surface area contributed by atoms with Gasteiger partial charge >= 0.3 is 0 Å². The Hall–Kier alpha value is -0.610. The van der Waals surface area contributed by atoms with Crippen LogP contribution in [0.5, 0.6) is 0 Å². The van der Waals surface area contributed by atoms with E-state index in [2.05, 4.69) is 17.1 Å². The zero-order chi connectivity index (χ0) is 13.7. The summed E-state index contributed by atoms with van der Waals surface area (Å²) in [5, 5.41) is 3.35. The molecule has 2 aliphatic rings. The number of methoxy groups -OCH3 is 1. The van der Waals surface area contributed by atoms with Crippen molar-refractivity contribution in [2.75, 3.05) is 39.9 Å². The van der Waals surface area contributed by atoms with Gasteiger partial charge in [-0.1, -0.05) is 6.92 Å². The van der Waals surface area contributed by atoms with Crippen molar-refractivity contribution in [1.29, 1.82) is 0 Å². The Kier molecular flexibility index (Phi) is 5.22. The van der Waals surface area contributed by atoms with Crippen LogP contribution in [-0.4, -0.2) is 50.7 Å². The number of piperidine rings is 1. The highest BCUT2D eigenvalue weighted by molar-refractivity contribution is 5.83. The Labute approximate surface area is 116 Å². The molecule has 1 N–H and O–H groups in total. The quantitative estimate of drug-likeness (QED) is 0.763. The summed E-state index contributed by atoms with van der Waals surface area (Å²) in [5.74, 6) is 1.10. The summed E-state index contributed by atoms with van der Waals surface area (Å²) in [6.07, 6.45) is 5.45. The highest BCUT2D eigenvalue weighted by Crippen LogP contribution is 2.35. The first-order valence-electron chi connectivity index (χ1n) is 7.71. The van der Waals surface area contributed by atoms with Crippen LogP contribution >= 0.6 is 0 Å². The molecule has 0 spiro atoms. The fourth-order valence-electron chi connectivity index (χ4n) is 3.09. The molecule has 1 amide bonds. The summed E-state index contributed by atoms with van der Waals surface area (Å²) in [4.78, 5) is 15.1. The summed E-state index contributed by atoms with van der Waals surface area (Å²) in [6, 6.07) is 0. The van der Waals surface area contributed by atoms with Gasteiger partial charge in [0.05, 0.1) is 12.0 Å². The summed E-state index contributed by atoms with van der Waals surface area (Å²) < 4.78 is 5.38. The fourth-order valence-corrected chi connectivity index (χ4v) is 3.09. The van der Waals surface area contributed by atoms with Gasteiger partial charge in [0.1, 0.15) is 0 Å². The zero-order valence-corrected chi connectivity index (χ0v) is 12.4. The minimum absolute atomic E-state index is 0.274. The van der Waals surface area contributed by atoms with Gasteiger partial charge in [0.2, 0.25) is 5.91 Å². The molecule has 0 unspecified atom stereocenters. The molecule has 0 bridgehead atoms. The molecule has 1 heterocycles. The van der Waals surface area contributed by atoms with E-state index in [9.17, 15) is 4.79 Å². The number of nitrogens with one attached hydrogen (secondary N) is 1. The number of carbonyl (C=O) groups excluding carboxylic acids is 1. The number of rotatable bonds is 7. The lowest BCUT2D eigenvalue weighted by molar-refractivity contribution is -0.148. The lowest BCUT2D eigenvalue weighted by Crippen LogP contribution is -2.52. The lowest BCUT2D eigenvalue weighted by atomic mass is 9.78. The fraction of sp³-hybridized carbons (Fsp3) is 0.933. The first-order valence-corrected chi connectivity index (χ1v) is 7.71. The minimum Gasteiger partial charge on any atom is -0.384 e. The molecular weight excluding hydrogens is 240 g/mol. The highest BCUT2D eigenvalue weighted by atomic mass is 16.5. The van der Waals surface area contributed by atoms with Gasteiger partial charge in [0.25, 0.3) is 0 Å². The summed E-state index contributed by atoms with van der Waals surface area (Å²) in [6.45, 7) is 6.44. The predicted molar refractivity (Wildman–Crippen MR) is 76.0 cm³/mol. The standard InChI is InChI=1S/C15H28N2O2/c1-3-10-17(11-13-4-5-13)14(18)15(12-19-2)6-8-16-9-7-15/h13,16H,3-12H2,1-2H3. The molecule has 0 aromatic rings. The normalized spacial score (nSPS) is 22.2. The highest BCUT2D eigenvalue weighted by Gasteiger charge is 2.43. The molecule has 1 saturated carbocycles. The van der Waals surface area contributed by atoms with E-state index in [-0.39, 0.29) is 5.41 Å². The monoisotopic (exact) mass is 268 g/mol. The second-order valence-electron chi connectivity index (χ2n) is 6.16. The third-order valence-electron chi connectivity index (χ3n) is 4.39. The Balaban J connectivity index is 2.05. The number of hydrogen-bond acceptors (Lipinski definition) is 3. The van der Waals surface area contributed by atoms with E-state index >= 15 is 0 Å². The van der Waals surface area contributed by atoms with Crippen LogP contribution in [0.15, 0.2) is 0 Å². The number of carbonyl (C=O) groups is 1. The van der Waals surface area contributed by atoms with E-state index in [0.717, 1.165) is 51.4 Å². The average molecular weight is 268 g/mol. The van der Waals surface area contributed by atoms with E-state index in [1.54, 1.807) is 7.11 Å². The van der Waals surface area contributed by atoms with Crippen LogP contribution in [0.3, 0.4) is 0 Å². The molecule has 1 saturated heterocycles. The number of ether oxygens (including phenoxy) is 1.